The van der Waals surface area contributed by atoms with Gasteiger partial charge in [0.15, 0.2) is 5.78 Å². The molecule has 0 N–H and O–H groups in total. The Balaban J connectivity index is 3.34. The second kappa shape index (κ2) is 4.84. The molecule has 1 aromatic rings. The monoisotopic (exact) mass is 226 g/mol. The molecule has 4 heteroatoms. The van der Waals surface area contributed by atoms with E-state index in [9.17, 15) is 4.79 Å². The predicted octanol–water partition coefficient (Wildman–Crippen LogP) is 2.73. The van der Waals surface area contributed by atoms with Gasteiger partial charge in [-0.1, -0.05) is 18.2 Å². The van der Waals surface area contributed by atoms with E-state index >= 15 is 0 Å². The molecule has 0 spiro atoms. The third-order valence-corrected chi connectivity index (χ3v) is 2.22. The fourth-order valence-electron chi connectivity index (χ4n) is 1.16. The molecule has 0 heterocycles. The van der Waals surface area contributed by atoms with Gasteiger partial charge in [-0.25, -0.2) is 0 Å². The molecule has 0 saturated carbocycles. The minimum atomic E-state index is -0.234. The van der Waals surface area contributed by atoms with Crippen molar-refractivity contribution in [2.24, 2.45) is 0 Å². The van der Waals surface area contributed by atoms with Gasteiger partial charge < -0.3 is 9.47 Å². The number of rotatable bonds is 4. The van der Waals surface area contributed by atoms with Crippen LogP contribution in [0.2, 0.25) is 5.02 Å². The molecular weight excluding hydrogens is 216 g/mol. The standard InChI is InChI=1S/C11H11ClO3/c1-4-9(13)7-5-11(15-3)8(12)6-10(7)14-2/h4-6H,1H2,2-3H3. The average Bonchev–Trinajstić information content (AvgIpc) is 2.27. The predicted molar refractivity (Wildman–Crippen MR) is 59.1 cm³/mol. The maximum Gasteiger partial charge on any atom is 0.189 e. The van der Waals surface area contributed by atoms with E-state index in [0.717, 1.165) is 0 Å². The zero-order chi connectivity index (χ0) is 11.4. The Labute approximate surface area is 93.3 Å². The summed E-state index contributed by atoms with van der Waals surface area (Å²) >= 11 is 5.89. The number of allylic oxidation sites excluding steroid dienone is 1. The first-order valence-electron chi connectivity index (χ1n) is 4.22. The molecule has 0 radical (unpaired) electrons. The molecule has 1 rings (SSSR count). The molecule has 15 heavy (non-hydrogen) atoms. The van der Waals surface area contributed by atoms with Gasteiger partial charge in [0.05, 0.1) is 24.8 Å². The molecule has 0 unspecified atom stereocenters. The largest absolute Gasteiger partial charge is 0.496 e. The van der Waals surface area contributed by atoms with Crippen molar-refractivity contribution < 1.29 is 14.3 Å². The number of carbonyl (C=O) groups excluding carboxylic acids is 1. The topological polar surface area (TPSA) is 35.5 Å². The summed E-state index contributed by atoms with van der Waals surface area (Å²) in [6.45, 7) is 3.41. The smallest absolute Gasteiger partial charge is 0.189 e. The van der Waals surface area contributed by atoms with Crippen LogP contribution in [0.15, 0.2) is 24.8 Å². The van der Waals surface area contributed by atoms with E-state index in [0.29, 0.717) is 22.1 Å². The molecule has 0 bridgehead atoms. The molecule has 80 valence electrons. The lowest BCUT2D eigenvalue weighted by Gasteiger charge is -2.09. The number of methoxy groups -OCH3 is 2. The van der Waals surface area contributed by atoms with Crippen molar-refractivity contribution in [2.75, 3.05) is 14.2 Å². The molecule has 0 atom stereocenters. The fraction of sp³-hybridized carbons (Fsp3) is 0.182. The van der Waals surface area contributed by atoms with Crippen LogP contribution in [0.3, 0.4) is 0 Å². The first-order chi connectivity index (χ1) is 7.13. The lowest BCUT2D eigenvalue weighted by molar-refractivity contribution is 0.104. The molecule has 0 amide bonds. The Morgan fingerprint density at radius 1 is 1.33 bits per heavy atom. The van der Waals surface area contributed by atoms with Gasteiger partial charge in [0.1, 0.15) is 11.5 Å². The maximum atomic E-state index is 11.5. The van der Waals surface area contributed by atoms with Crippen LogP contribution in [0.5, 0.6) is 11.5 Å². The van der Waals surface area contributed by atoms with Crippen LogP contribution in [0.1, 0.15) is 10.4 Å². The Kier molecular flexibility index (Phi) is 3.74. The Hall–Kier alpha value is -1.48. The van der Waals surface area contributed by atoms with E-state index in [2.05, 4.69) is 6.58 Å². The van der Waals surface area contributed by atoms with E-state index in [-0.39, 0.29) is 5.78 Å². The number of hydrogen-bond acceptors (Lipinski definition) is 3. The summed E-state index contributed by atoms with van der Waals surface area (Å²) in [5, 5.41) is 0.398. The van der Waals surface area contributed by atoms with E-state index < -0.39 is 0 Å². The molecule has 1 aromatic carbocycles. The van der Waals surface area contributed by atoms with Crippen molar-refractivity contribution >= 4 is 17.4 Å². The van der Waals surface area contributed by atoms with Crippen LogP contribution in [0.25, 0.3) is 0 Å². The minimum absolute atomic E-state index is 0.234. The highest BCUT2D eigenvalue weighted by atomic mass is 35.5. The zero-order valence-corrected chi connectivity index (χ0v) is 9.30. The van der Waals surface area contributed by atoms with Gasteiger partial charge in [-0.2, -0.15) is 0 Å². The van der Waals surface area contributed by atoms with Gasteiger partial charge in [-0.15, -0.1) is 0 Å². The number of hydrogen-bond donors (Lipinski definition) is 0. The Bertz CT molecular complexity index is 399. The summed E-state index contributed by atoms with van der Waals surface area (Å²) < 4.78 is 10.0. The third kappa shape index (κ3) is 2.30. The molecule has 0 fully saturated rings. The van der Waals surface area contributed by atoms with Crippen molar-refractivity contribution in [3.63, 3.8) is 0 Å². The summed E-state index contributed by atoms with van der Waals surface area (Å²) in [5.41, 5.74) is 0.383. The van der Waals surface area contributed by atoms with Crippen LogP contribution in [0.4, 0.5) is 0 Å². The van der Waals surface area contributed by atoms with Crippen molar-refractivity contribution in [2.45, 2.75) is 0 Å². The fourth-order valence-corrected chi connectivity index (χ4v) is 1.39. The van der Waals surface area contributed by atoms with Crippen LogP contribution in [-0.2, 0) is 0 Å². The number of ketones is 1. The van der Waals surface area contributed by atoms with Gasteiger partial charge in [0.2, 0.25) is 0 Å². The van der Waals surface area contributed by atoms with Crippen LogP contribution in [-0.4, -0.2) is 20.0 Å². The van der Waals surface area contributed by atoms with E-state index in [4.69, 9.17) is 21.1 Å². The molecular formula is C11H11ClO3. The number of halogens is 1. The van der Waals surface area contributed by atoms with Gasteiger partial charge in [-0.05, 0) is 12.1 Å². The second-order valence-corrected chi connectivity index (χ2v) is 3.16. The van der Waals surface area contributed by atoms with Crippen molar-refractivity contribution in [3.8, 4) is 11.5 Å². The highest BCUT2D eigenvalue weighted by Crippen LogP contribution is 2.32. The van der Waals surface area contributed by atoms with Gasteiger partial charge in [0, 0.05) is 6.07 Å². The normalized spacial score (nSPS) is 9.53. The van der Waals surface area contributed by atoms with Gasteiger partial charge in [-0.3, -0.25) is 4.79 Å². The molecule has 0 saturated heterocycles. The lowest BCUT2D eigenvalue weighted by atomic mass is 10.1. The molecule has 0 aliphatic carbocycles. The van der Waals surface area contributed by atoms with Crippen LogP contribution >= 0.6 is 11.6 Å². The van der Waals surface area contributed by atoms with Crippen molar-refractivity contribution in [1.82, 2.24) is 0 Å². The van der Waals surface area contributed by atoms with Gasteiger partial charge >= 0.3 is 0 Å². The Morgan fingerprint density at radius 2 is 1.93 bits per heavy atom. The number of carbonyl (C=O) groups is 1. The summed E-state index contributed by atoms with van der Waals surface area (Å²) in [7, 11) is 2.95. The summed E-state index contributed by atoms with van der Waals surface area (Å²) in [5.74, 6) is 0.607. The zero-order valence-electron chi connectivity index (χ0n) is 8.54. The molecule has 0 aliphatic heterocycles. The van der Waals surface area contributed by atoms with Crippen molar-refractivity contribution in [1.29, 1.82) is 0 Å². The van der Waals surface area contributed by atoms with Crippen LogP contribution in [0, 0.1) is 0 Å². The van der Waals surface area contributed by atoms with E-state index in [1.165, 1.54) is 32.4 Å². The molecule has 0 aromatic heterocycles. The van der Waals surface area contributed by atoms with E-state index in [1.807, 2.05) is 0 Å². The van der Waals surface area contributed by atoms with Gasteiger partial charge in [0.25, 0.3) is 0 Å². The highest BCUT2D eigenvalue weighted by molar-refractivity contribution is 6.32. The SMILES string of the molecule is C=CC(=O)c1cc(OC)c(Cl)cc1OC. The number of benzene rings is 1. The Morgan fingerprint density at radius 3 is 2.40 bits per heavy atom. The quantitative estimate of drug-likeness (QED) is 0.585. The first-order valence-corrected chi connectivity index (χ1v) is 4.60. The summed E-state index contributed by atoms with van der Waals surface area (Å²) in [4.78, 5) is 11.5. The second-order valence-electron chi connectivity index (χ2n) is 2.76. The summed E-state index contributed by atoms with van der Waals surface area (Å²) in [6.07, 6.45) is 1.21. The molecule has 0 aliphatic rings. The summed E-state index contributed by atoms with van der Waals surface area (Å²) in [6, 6.07) is 3.07. The lowest BCUT2D eigenvalue weighted by Crippen LogP contribution is -2.00. The average molecular weight is 227 g/mol. The number of ether oxygens (including phenoxy) is 2. The third-order valence-electron chi connectivity index (χ3n) is 1.92. The molecule has 3 nitrogen and oxygen atoms in total. The van der Waals surface area contributed by atoms with Crippen molar-refractivity contribution in [3.05, 3.63) is 35.4 Å². The van der Waals surface area contributed by atoms with E-state index in [1.54, 1.807) is 0 Å². The first kappa shape index (κ1) is 11.6. The highest BCUT2D eigenvalue weighted by Gasteiger charge is 2.13. The minimum Gasteiger partial charge on any atom is -0.496 e. The maximum absolute atomic E-state index is 11.5. The van der Waals surface area contributed by atoms with Crippen LogP contribution < -0.4 is 9.47 Å².